The van der Waals surface area contributed by atoms with Crippen molar-refractivity contribution < 1.29 is 14.0 Å². The Labute approximate surface area is 126 Å². The number of hydrogen-bond acceptors (Lipinski definition) is 3. The maximum atomic E-state index is 13.1. The van der Waals surface area contributed by atoms with Gasteiger partial charge in [-0.25, -0.2) is 14.2 Å². The summed E-state index contributed by atoms with van der Waals surface area (Å²) in [5.41, 5.74) is 6.31. The van der Waals surface area contributed by atoms with Crippen LogP contribution in [0.25, 0.3) is 0 Å². The molecule has 0 aliphatic rings. The summed E-state index contributed by atoms with van der Waals surface area (Å²) in [6.07, 6.45) is 1.34. The van der Waals surface area contributed by atoms with Gasteiger partial charge in [0, 0.05) is 13.6 Å². The number of nitrogens with zero attached hydrogens (tertiary/aromatic N) is 2. The molecule has 6 nitrogen and oxygen atoms in total. The van der Waals surface area contributed by atoms with Crippen molar-refractivity contribution in [1.29, 1.82) is 0 Å². The minimum Gasteiger partial charge on any atom is -0.364 e. The van der Waals surface area contributed by atoms with Crippen LogP contribution in [-0.2, 0) is 6.54 Å². The van der Waals surface area contributed by atoms with E-state index >= 15 is 0 Å². The number of carbonyl (C=O) groups is 2. The third-order valence-corrected chi connectivity index (χ3v) is 2.92. The average Bonchev–Trinajstić information content (AvgIpc) is 2.47. The van der Waals surface area contributed by atoms with Gasteiger partial charge in [-0.2, -0.15) is 0 Å². The van der Waals surface area contributed by atoms with Gasteiger partial charge >= 0.3 is 6.03 Å². The zero-order chi connectivity index (χ0) is 16.1. The van der Waals surface area contributed by atoms with E-state index in [0.717, 1.165) is 0 Å². The largest absolute Gasteiger partial charge is 0.364 e. The van der Waals surface area contributed by atoms with Crippen LogP contribution in [0.15, 0.2) is 42.6 Å². The topological polar surface area (TPSA) is 88.3 Å². The highest BCUT2D eigenvalue weighted by Crippen LogP contribution is 2.10. The average molecular weight is 302 g/mol. The lowest BCUT2D eigenvalue weighted by Gasteiger charge is -2.18. The first-order chi connectivity index (χ1) is 10.5. The molecule has 0 bridgehead atoms. The highest BCUT2D eigenvalue weighted by molar-refractivity contribution is 5.92. The highest BCUT2D eigenvalue weighted by atomic mass is 19.1. The third kappa shape index (κ3) is 4.02. The number of halogens is 1. The molecule has 114 valence electrons. The van der Waals surface area contributed by atoms with E-state index in [2.05, 4.69) is 10.3 Å². The first kappa shape index (κ1) is 15.4. The van der Waals surface area contributed by atoms with Crippen LogP contribution in [0.2, 0.25) is 0 Å². The van der Waals surface area contributed by atoms with Crippen molar-refractivity contribution >= 4 is 17.6 Å². The van der Waals surface area contributed by atoms with E-state index in [-0.39, 0.29) is 24.1 Å². The molecule has 0 saturated carbocycles. The van der Waals surface area contributed by atoms with Gasteiger partial charge in [-0.3, -0.25) is 4.79 Å². The van der Waals surface area contributed by atoms with E-state index in [9.17, 15) is 14.0 Å². The standard InChI is InChI=1S/C15H15FN4O2/c1-20(9-10-3-2-4-11(16)7-10)15(22)19-12-5-6-13(14(17)21)18-8-12/h2-8H,9H2,1H3,(H2,17,21)(H,19,22). The van der Waals surface area contributed by atoms with Crippen molar-refractivity contribution in [2.24, 2.45) is 5.73 Å². The lowest BCUT2D eigenvalue weighted by molar-refractivity contribution is 0.0995. The maximum Gasteiger partial charge on any atom is 0.321 e. The second-order valence-corrected chi connectivity index (χ2v) is 4.71. The number of primary amides is 1. The van der Waals surface area contributed by atoms with Gasteiger partial charge in [-0.1, -0.05) is 12.1 Å². The molecule has 0 unspecified atom stereocenters. The molecule has 0 radical (unpaired) electrons. The van der Waals surface area contributed by atoms with Crippen LogP contribution in [-0.4, -0.2) is 28.9 Å². The zero-order valence-corrected chi connectivity index (χ0v) is 11.9. The molecule has 0 atom stereocenters. The van der Waals surface area contributed by atoms with E-state index in [0.29, 0.717) is 11.3 Å². The van der Waals surface area contributed by atoms with Gasteiger partial charge in [0.15, 0.2) is 0 Å². The van der Waals surface area contributed by atoms with Crippen LogP contribution in [0.1, 0.15) is 16.1 Å². The monoisotopic (exact) mass is 302 g/mol. The lowest BCUT2D eigenvalue weighted by Crippen LogP contribution is -2.31. The van der Waals surface area contributed by atoms with E-state index in [1.165, 1.54) is 35.4 Å². The zero-order valence-electron chi connectivity index (χ0n) is 11.9. The number of nitrogens with two attached hydrogens (primary N) is 1. The van der Waals surface area contributed by atoms with Crippen LogP contribution in [0.3, 0.4) is 0 Å². The van der Waals surface area contributed by atoms with Crippen LogP contribution in [0.5, 0.6) is 0 Å². The van der Waals surface area contributed by atoms with Crippen molar-refractivity contribution in [1.82, 2.24) is 9.88 Å². The molecule has 1 aromatic carbocycles. The van der Waals surface area contributed by atoms with E-state index in [1.807, 2.05) is 0 Å². The van der Waals surface area contributed by atoms with Gasteiger partial charge in [0.25, 0.3) is 5.91 Å². The molecule has 0 spiro atoms. The molecule has 0 saturated heterocycles. The molecule has 0 aliphatic carbocycles. The SMILES string of the molecule is CN(Cc1cccc(F)c1)C(=O)Nc1ccc(C(N)=O)nc1. The number of aromatic nitrogens is 1. The Hall–Kier alpha value is -2.96. The highest BCUT2D eigenvalue weighted by Gasteiger charge is 2.10. The Morgan fingerprint density at radius 2 is 2.09 bits per heavy atom. The van der Waals surface area contributed by atoms with Crippen LogP contribution in [0.4, 0.5) is 14.9 Å². The minimum absolute atomic E-state index is 0.117. The molecular formula is C15H15FN4O2. The molecule has 2 aromatic rings. The van der Waals surface area contributed by atoms with Crippen LogP contribution >= 0.6 is 0 Å². The van der Waals surface area contributed by atoms with Gasteiger partial charge in [0.1, 0.15) is 11.5 Å². The summed E-state index contributed by atoms with van der Waals surface area (Å²) in [6.45, 7) is 0.260. The van der Waals surface area contributed by atoms with Gasteiger partial charge in [-0.05, 0) is 29.8 Å². The number of hydrogen-bond donors (Lipinski definition) is 2. The van der Waals surface area contributed by atoms with Gasteiger partial charge < -0.3 is 16.0 Å². The third-order valence-electron chi connectivity index (χ3n) is 2.92. The Bertz CT molecular complexity index is 688. The normalized spacial score (nSPS) is 10.1. The number of benzene rings is 1. The number of nitrogens with one attached hydrogen (secondary N) is 1. The number of anilines is 1. The predicted molar refractivity (Wildman–Crippen MR) is 79.6 cm³/mol. The second kappa shape index (κ2) is 6.66. The van der Waals surface area contributed by atoms with Crippen LogP contribution in [0, 0.1) is 5.82 Å². The molecule has 3 amide bonds. The molecule has 2 rings (SSSR count). The van der Waals surface area contributed by atoms with Crippen LogP contribution < -0.4 is 11.1 Å². The summed E-state index contributed by atoms with van der Waals surface area (Å²) in [7, 11) is 1.59. The Balaban J connectivity index is 1.97. The van der Waals surface area contributed by atoms with Crippen molar-refractivity contribution in [3.05, 3.63) is 59.7 Å². The van der Waals surface area contributed by atoms with Gasteiger partial charge in [0.05, 0.1) is 11.9 Å². The molecule has 7 heteroatoms. The maximum absolute atomic E-state index is 13.1. The fraction of sp³-hybridized carbons (Fsp3) is 0.133. The Morgan fingerprint density at radius 3 is 2.68 bits per heavy atom. The van der Waals surface area contributed by atoms with Gasteiger partial charge in [0.2, 0.25) is 0 Å². The lowest BCUT2D eigenvalue weighted by atomic mass is 10.2. The molecule has 0 fully saturated rings. The Kier molecular flexibility index (Phi) is 4.67. The fourth-order valence-corrected chi connectivity index (χ4v) is 1.81. The molecule has 3 N–H and O–H groups in total. The van der Waals surface area contributed by atoms with E-state index in [1.54, 1.807) is 19.2 Å². The summed E-state index contributed by atoms with van der Waals surface area (Å²) in [5.74, 6) is -0.987. The first-order valence-corrected chi connectivity index (χ1v) is 6.48. The minimum atomic E-state index is -0.638. The quantitative estimate of drug-likeness (QED) is 0.905. The van der Waals surface area contributed by atoms with Crippen molar-refractivity contribution in [2.45, 2.75) is 6.54 Å². The summed E-state index contributed by atoms with van der Waals surface area (Å²) in [5, 5.41) is 2.62. The Morgan fingerprint density at radius 1 is 1.32 bits per heavy atom. The van der Waals surface area contributed by atoms with Crippen molar-refractivity contribution in [3.63, 3.8) is 0 Å². The molecule has 0 aliphatic heterocycles. The molecule has 1 aromatic heterocycles. The summed E-state index contributed by atoms with van der Waals surface area (Å²) in [4.78, 5) is 28.2. The smallest absolute Gasteiger partial charge is 0.321 e. The fourth-order valence-electron chi connectivity index (χ4n) is 1.81. The number of urea groups is 1. The number of pyridine rings is 1. The summed E-state index contributed by atoms with van der Waals surface area (Å²) in [6, 6.07) is 8.60. The van der Waals surface area contributed by atoms with E-state index in [4.69, 9.17) is 5.73 Å². The van der Waals surface area contributed by atoms with E-state index < -0.39 is 5.91 Å². The number of amides is 3. The molecule has 1 heterocycles. The second-order valence-electron chi connectivity index (χ2n) is 4.71. The van der Waals surface area contributed by atoms with Gasteiger partial charge in [-0.15, -0.1) is 0 Å². The number of rotatable bonds is 4. The predicted octanol–water partition coefficient (Wildman–Crippen LogP) is 1.98. The first-order valence-electron chi connectivity index (χ1n) is 6.48. The van der Waals surface area contributed by atoms with Crippen molar-refractivity contribution in [3.8, 4) is 0 Å². The molecular weight excluding hydrogens is 287 g/mol. The number of carbonyl (C=O) groups excluding carboxylic acids is 2. The summed E-state index contributed by atoms with van der Waals surface area (Å²) >= 11 is 0. The summed E-state index contributed by atoms with van der Waals surface area (Å²) < 4.78 is 13.1. The van der Waals surface area contributed by atoms with Crippen molar-refractivity contribution in [2.75, 3.05) is 12.4 Å². The molecule has 22 heavy (non-hydrogen) atoms.